The van der Waals surface area contributed by atoms with Crippen molar-refractivity contribution in [2.24, 2.45) is 7.05 Å². The highest BCUT2D eigenvalue weighted by Gasteiger charge is 2.43. The SMILES string of the molecule is COc1ccc(C2C[C@H]3CC[C@@H](C2)N3C(=O)CCc2nncn2C)cc1. The molecule has 1 amide bonds. The number of nitrogens with zero attached hydrogens (tertiary/aromatic N) is 4. The van der Waals surface area contributed by atoms with E-state index in [-0.39, 0.29) is 5.91 Å². The Kier molecular flexibility index (Phi) is 4.66. The summed E-state index contributed by atoms with van der Waals surface area (Å²) in [5.41, 5.74) is 1.37. The Morgan fingerprint density at radius 3 is 2.46 bits per heavy atom. The lowest BCUT2D eigenvalue weighted by molar-refractivity contribution is -0.135. The van der Waals surface area contributed by atoms with Crippen LogP contribution in [0.25, 0.3) is 0 Å². The number of benzene rings is 1. The summed E-state index contributed by atoms with van der Waals surface area (Å²) >= 11 is 0. The Hall–Kier alpha value is -2.37. The molecule has 6 heteroatoms. The zero-order valence-electron chi connectivity index (χ0n) is 15.5. The van der Waals surface area contributed by atoms with Crippen molar-refractivity contribution < 1.29 is 9.53 Å². The standard InChI is InChI=1S/C20H26N4O2/c1-23-13-21-22-19(23)9-10-20(25)24-16-5-6-17(24)12-15(11-16)14-3-7-18(26-2)8-4-14/h3-4,7-8,13,15-17H,5-6,9-12H2,1-2H3/t15?,16-,17+. The average molecular weight is 354 g/mol. The van der Waals surface area contributed by atoms with E-state index in [0.29, 0.717) is 30.8 Å². The van der Waals surface area contributed by atoms with Crippen LogP contribution in [0.4, 0.5) is 0 Å². The lowest BCUT2D eigenvalue weighted by Gasteiger charge is -2.39. The van der Waals surface area contributed by atoms with Crippen molar-refractivity contribution in [3.05, 3.63) is 42.0 Å². The molecule has 0 aliphatic carbocycles. The molecule has 26 heavy (non-hydrogen) atoms. The number of hydrogen-bond acceptors (Lipinski definition) is 4. The van der Waals surface area contributed by atoms with Gasteiger partial charge >= 0.3 is 0 Å². The number of rotatable bonds is 5. The lowest BCUT2D eigenvalue weighted by Crippen LogP contribution is -2.46. The van der Waals surface area contributed by atoms with E-state index in [9.17, 15) is 4.79 Å². The number of methoxy groups -OCH3 is 1. The van der Waals surface area contributed by atoms with E-state index in [2.05, 4.69) is 27.2 Å². The molecular weight excluding hydrogens is 328 g/mol. The second kappa shape index (κ2) is 7.09. The van der Waals surface area contributed by atoms with Crippen molar-refractivity contribution >= 4 is 5.91 Å². The first kappa shape index (κ1) is 17.1. The Bertz CT molecular complexity index is 756. The van der Waals surface area contributed by atoms with E-state index in [1.807, 2.05) is 23.7 Å². The van der Waals surface area contributed by atoms with Crippen molar-refractivity contribution in [2.75, 3.05) is 7.11 Å². The maximum Gasteiger partial charge on any atom is 0.223 e. The Balaban J connectivity index is 1.40. The van der Waals surface area contributed by atoms with E-state index in [1.54, 1.807) is 13.4 Å². The molecule has 0 spiro atoms. The van der Waals surface area contributed by atoms with Crippen LogP contribution in [0.5, 0.6) is 5.75 Å². The number of fused-ring (bicyclic) bond motifs is 2. The highest BCUT2D eigenvalue weighted by atomic mass is 16.5. The van der Waals surface area contributed by atoms with Gasteiger partial charge in [-0.2, -0.15) is 0 Å². The molecule has 0 N–H and O–H groups in total. The number of aromatic nitrogens is 3. The topological polar surface area (TPSA) is 60.2 Å². The van der Waals surface area contributed by atoms with Gasteiger partial charge in [0.1, 0.15) is 17.9 Å². The molecule has 2 aliphatic rings. The van der Waals surface area contributed by atoms with Crippen LogP contribution in [0.1, 0.15) is 49.4 Å². The molecule has 138 valence electrons. The second-order valence-corrected chi connectivity index (χ2v) is 7.49. The van der Waals surface area contributed by atoms with Crippen LogP contribution in [0.3, 0.4) is 0 Å². The van der Waals surface area contributed by atoms with Gasteiger partial charge in [-0.05, 0) is 49.3 Å². The molecule has 4 rings (SSSR count). The maximum absolute atomic E-state index is 12.8. The molecule has 0 saturated carbocycles. The van der Waals surface area contributed by atoms with Gasteiger partial charge in [0, 0.05) is 32.0 Å². The van der Waals surface area contributed by atoms with E-state index in [4.69, 9.17) is 4.74 Å². The number of aryl methyl sites for hydroxylation is 2. The zero-order chi connectivity index (χ0) is 18.1. The third kappa shape index (κ3) is 3.20. The van der Waals surface area contributed by atoms with Gasteiger partial charge in [0.15, 0.2) is 0 Å². The van der Waals surface area contributed by atoms with E-state index in [0.717, 1.165) is 37.3 Å². The van der Waals surface area contributed by atoms with E-state index in [1.165, 1.54) is 5.56 Å². The predicted octanol–water partition coefficient (Wildman–Crippen LogP) is 2.69. The van der Waals surface area contributed by atoms with Gasteiger partial charge in [-0.3, -0.25) is 4.79 Å². The summed E-state index contributed by atoms with van der Waals surface area (Å²) < 4.78 is 7.15. The number of amides is 1. The molecular formula is C20H26N4O2. The molecule has 6 nitrogen and oxygen atoms in total. The molecule has 2 aromatic rings. The summed E-state index contributed by atoms with van der Waals surface area (Å²) in [5, 5.41) is 7.97. The van der Waals surface area contributed by atoms with Gasteiger partial charge in [-0.1, -0.05) is 12.1 Å². The first-order valence-corrected chi connectivity index (χ1v) is 9.43. The number of ether oxygens (including phenoxy) is 1. The van der Waals surface area contributed by atoms with Gasteiger partial charge in [0.2, 0.25) is 5.91 Å². The Labute approximate surface area is 154 Å². The van der Waals surface area contributed by atoms with Crippen LogP contribution in [-0.4, -0.2) is 44.8 Å². The third-order valence-electron chi connectivity index (χ3n) is 5.98. The minimum absolute atomic E-state index is 0.272. The number of piperidine rings is 1. The van der Waals surface area contributed by atoms with Crippen molar-refractivity contribution in [1.29, 1.82) is 0 Å². The van der Waals surface area contributed by atoms with Crippen LogP contribution in [0.2, 0.25) is 0 Å². The quantitative estimate of drug-likeness (QED) is 0.828. The molecule has 2 aliphatic heterocycles. The molecule has 0 radical (unpaired) electrons. The fraction of sp³-hybridized carbons (Fsp3) is 0.550. The monoisotopic (exact) mass is 354 g/mol. The predicted molar refractivity (Wildman–Crippen MR) is 97.9 cm³/mol. The third-order valence-corrected chi connectivity index (χ3v) is 5.98. The highest BCUT2D eigenvalue weighted by Crippen LogP contribution is 2.43. The number of carbonyl (C=O) groups is 1. The minimum atomic E-state index is 0.272. The van der Waals surface area contributed by atoms with Gasteiger partial charge in [-0.25, -0.2) is 0 Å². The molecule has 2 bridgehead atoms. The maximum atomic E-state index is 12.8. The van der Waals surface area contributed by atoms with Crippen LogP contribution in [0, 0.1) is 0 Å². The van der Waals surface area contributed by atoms with Gasteiger partial charge in [-0.15, -0.1) is 10.2 Å². The molecule has 1 aromatic heterocycles. The molecule has 2 fully saturated rings. The fourth-order valence-corrected chi connectivity index (χ4v) is 4.61. The van der Waals surface area contributed by atoms with Crippen LogP contribution in [-0.2, 0) is 18.3 Å². The van der Waals surface area contributed by atoms with Crippen molar-refractivity contribution in [1.82, 2.24) is 19.7 Å². The van der Waals surface area contributed by atoms with Gasteiger partial charge < -0.3 is 14.2 Å². The van der Waals surface area contributed by atoms with E-state index >= 15 is 0 Å². The molecule has 1 unspecified atom stereocenters. The molecule has 2 saturated heterocycles. The van der Waals surface area contributed by atoms with Crippen molar-refractivity contribution in [3.63, 3.8) is 0 Å². The molecule has 3 atom stereocenters. The highest BCUT2D eigenvalue weighted by molar-refractivity contribution is 5.77. The summed E-state index contributed by atoms with van der Waals surface area (Å²) in [4.78, 5) is 15.0. The number of hydrogen-bond donors (Lipinski definition) is 0. The second-order valence-electron chi connectivity index (χ2n) is 7.49. The minimum Gasteiger partial charge on any atom is -0.497 e. The molecule has 3 heterocycles. The summed E-state index contributed by atoms with van der Waals surface area (Å²) in [5.74, 6) is 2.59. The summed E-state index contributed by atoms with van der Waals surface area (Å²) in [6.07, 6.45) is 7.26. The Morgan fingerprint density at radius 2 is 1.88 bits per heavy atom. The summed E-state index contributed by atoms with van der Waals surface area (Å²) in [6, 6.07) is 9.19. The summed E-state index contributed by atoms with van der Waals surface area (Å²) in [7, 11) is 3.62. The van der Waals surface area contributed by atoms with Crippen molar-refractivity contribution in [2.45, 2.75) is 56.5 Å². The van der Waals surface area contributed by atoms with Gasteiger partial charge in [0.25, 0.3) is 0 Å². The van der Waals surface area contributed by atoms with Crippen molar-refractivity contribution in [3.8, 4) is 5.75 Å². The zero-order valence-corrected chi connectivity index (χ0v) is 15.5. The fourth-order valence-electron chi connectivity index (χ4n) is 4.61. The van der Waals surface area contributed by atoms with Gasteiger partial charge in [0.05, 0.1) is 7.11 Å². The Morgan fingerprint density at radius 1 is 1.19 bits per heavy atom. The first-order valence-electron chi connectivity index (χ1n) is 9.43. The lowest BCUT2D eigenvalue weighted by atomic mass is 9.85. The first-order chi connectivity index (χ1) is 12.7. The van der Waals surface area contributed by atoms with Crippen LogP contribution in [0.15, 0.2) is 30.6 Å². The smallest absolute Gasteiger partial charge is 0.223 e. The molecule has 1 aromatic carbocycles. The number of carbonyl (C=O) groups excluding carboxylic acids is 1. The van der Waals surface area contributed by atoms with Crippen LogP contribution < -0.4 is 4.74 Å². The van der Waals surface area contributed by atoms with Crippen LogP contribution >= 0.6 is 0 Å². The largest absolute Gasteiger partial charge is 0.497 e. The normalized spacial score (nSPS) is 24.7. The summed E-state index contributed by atoms with van der Waals surface area (Å²) in [6.45, 7) is 0. The average Bonchev–Trinajstić information content (AvgIpc) is 3.19. The van der Waals surface area contributed by atoms with E-state index < -0.39 is 0 Å².